The van der Waals surface area contributed by atoms with Crippen LogP contribution in [0.4, 0.5) is 0 Å². The SMILES string of the molecule is CCn1c2ccccc2c2cc(C=C(C#N)C(=O)O)ccc21. The third kappa shape index (κ3) is 2.13. The van der Waals surface area contributed by atoms with Crippen molar-refractivity contribution in [2.75, 3.05) is 0 Å². The lowest BCUT2D eigenvalue weighted by atomic mass is 10.1. The van der Waals surface area contributed by atoms with Gasteiger partial charge in [-0.05, 0) is 36.8 Å². The Morgan fingerprint density at radius 2 is 1.95 bits per heavy atom. The molecule has 3 rings (SSSR count). The van der Waals surface area contributed by atoms with Gasteiger partial charge in [0.25, 0.3) is 0 Å². The van der Waals surface area contributed by atoms with Gasteiger partial charge in [-0.3, -0.25) is 0 Å². The van der Waals surface area contributed by atoms with Crippen LogP contribution >= 0.6 is 0 Å². The van der Waals surface area contributed by atoms with Crippen molar-refractivity contribution in [3.05, 3.63) is 53.6 Å². The van der Waals surface area contributed by atoms with Crippen molar-refractivity contribution < 1.29 is 9.90 Å². The summed E-state index contributed by atoms with van der Waals surface area (Å²) in [6.45, 7) is 2.95. The molecule has 0 atom stereocenters. The molecule has 1 N–H and O–H groups in total. The van der Waals surface area contributed by atoms with Crippen LogP contribution in [-0.4, -0.2) is 15.6 Å². The summed E-state index contributed by atoms with van der Waals surface area (Å²) < 4.78 is 2.22. The number of aromatic nitrogens is 1. The molecule has 0 fully saturated rings. The number of carboxylic acids is 1. The van der Waals surface area contributed by atoms with Crippen LogP contribution in [0, 0.1) is 11.3 Å². The van der Waals surface area contributed by atoms with Crippen molar-refractivity contribution in [1.82, 2.24) is 4.57 Å². The van der Waals surface area contributed by atoms with Gasteiger partial charge in [-0.1, -0.05) is 24.3 Å². The molecule has 0 unspecified atom stereocenters. The number of benzene rings is 2. The lowest BCUT2D eigenvalue weighted by molar-refractivity contribution is -0.132. The Hall–Kier alpha value is -3.06. The van der Waals surface area contributed by atoms with Gasteiger partial charge < -0.3 is 9.67 Å². The molecule has 0 aliphatic carbocycles. The van der Waals surface area contributed by atoms with E-state index in [1.165, 1.54) is 6.08 Å². The van der Waals surface area contributed by atoms with Gasteiger partial charge in [-0.25, -0.2) is 4.79 Å². The lowest BCUT2D eigenvalue weighted by Crippen LogP contribution is -1.97. The minimum atomic E-state index is -1.21. The molecule has 1 aromatic heterocycles. The number of aryl methyl sites for hydroxylation is 1. The Morgan fingerprint density at radius 3 is 2.64 bits per heavy atom. The van der Waals surface area contributed by atoms with E-state index >= 15 is 0 Å². The van der Waals surface area contributed by atoms with E-state index in [4.69, 9.17) is 10.4 Å². The number of aliphatic carboxylic acids is 1. The average Bonchev–Trinajstić information content (AvgIpc) is 2.85. The summed E-state index contributed by atoms with van der Waals surface area (Å²) in [5.74, 6) is -1.21. The van der Waals surface area contributed by atoms with E-state index in [0.717, 1.165) is 28.4 Å². The quantitative estimate of drug-likeness (QED) is 0.589. The third-order valence-electron chi connectivity index (χ3n) is 3.77. The van der Waals surface area contributed by atoms with Crippen molar-refractivity contribution >= 4 is 33.9 Å². The smallest absolute Gasteiger partial charge is 0.346 e. The molecular formula is C18H14N2O2. The maximum atomic E-state index is 11.0. The molecule has 2 aromatic carbocycles. The first-order chi connectivity index (χ1) is 10.7. The number of carbonyl (C=O) groups is 1. The largest absolute Gasteiger partial charge is 0.477 e. The molecule has 108 valence electrons. The maximum absolute atomic E-state index is 11.0. The molecule has 0 aliphatic rings. The fourth-order valence-corrected chi connectivity index (χ4v) is 2.81. The van der Waals surface area contributed by atoms with Gasteiger partial charge in [0.05, 0.1) is 0 Å². The van der Waals surface area contributed by atoms with Crippen molar-refractivity contribution in [2.24, 2.45) is 0 Å². The topological polar surface area (TPSA) is 66.0 Å². The summed E-state index contributed by atoms with van der Waals surface area (Å²) >= 11 is 0. The molecule has 4 nitrogen and oxygen atoms in total. The molecule has 0 spiro atoms. The Labute approximate surface area is 127 Å². The first kappa shape index (κ1) is 13.9. The van der Waals surface area contributed by atoms with Gasteiger partial charge in [0.15, 0.2) is 0 Å². The van der Waals surface area contributed by atoms with Crippen LogP contribution < -0.4 is 0 Å². The molecule has 1 heterocycles. The predicted octanol–water partition coefficient (Wildman–Crippen LogP) is 3.81. The molecular weight excluding hydrogens is 276 g/mol. The molecule has 22 heavy (non-hydrogen) atoms. The number of hydrogen-bond donors (Lipinski definition) is 1. The Kier molecular flexibility index (Phi) is 3.40. The second kappa shape index (κ2) is 5.38. The lowest BCUT2D eigenvalue weighted by Gasteiger charge is -2.02. The highest BCUT2D eigenvalue weighted by Gasteiger charge is 2.10. The number of nitriles is 1. The van der Waals surface area contributed by atoms with Crippen molar-refractivity contribution in [3.63, 3.8) is 0 Å². The molecule has 0 aliphatic heterocycles. The van der Waals surface area contributed by atoms with Crippen molar-refractivity contribution in [1.29, 1.82) is 5.26 Å². The van der Waals surface area contributed by atoms with E-state index < -0.39 is 5.97 Å². The van der Waals surface area contributed by atoms with Crippen LogP contribution in [-0.2, 0) is 11.3 Å². The van der Waals surface area contributed by atoms with E-state index in [1.54, 1.807) is 6.07 Å². The van der Waals surface area contributed by atoms with Gasteiger partial charge in [0.1, 0.15) is 11.6 Å². The third-order valence-corrected chi connectivity index (χ3v) is 3.77. The van der Waals surface area contributed by atoms with Crippen LogP contribution in [0.1, 0.15) is 12.5 Å². The summed E-state index contributed by atoms with van der Waals surface area (Å²) in [7, 11) is 0. The van der Waals surface area contributed by atoms with Gasteiger partial charge in [-0.15, -0.1) is 0 Å². The monoisotopic (exact) mass is 290 g/mol. The van der Waals surface area contributed by atoms with Gasteiger partial charge >= 0.3 is 5.97 Å². The molecule has 0 saturated heterocycles. The number of rotatable bonds is 3. The van der Waals surface area contributed by atoms with Gasteiger partial charge in [0.2, 0.25) is 0 Å². The van der Waals surface area contributed by atoms with E-state index in [2.05, 4.69) is 23.6 Å². The van der Waals surface area contributed by atoms with Crippen LogP contribution in [0.2, 0.25) is 0 Å². The van der Waals surface area contributed by atoms with Gasteiger partial charge in [-0.2, -0.15) is 5.26 Å². The molecule has 0 saturated carbocycles. The second-order valence-electron chi connectivity index (χ2n) is 5.01. The summed E-state index contributed by atoms with van der Waals surface area (Å²) in [6, 6.07) is 15.6. The average molecular weight is 290 g/mol. The molecule has 0 radical (unpaired) electrons. The highest BCUT2D eigenvalue weighted by molar-refractivity contribution is 6.09. The van der Waals surface area contributed by atoms with Crippen LogP contribution in [0.15, 0.2) is 48.0 Å². The zero-order valence-corrected chi connectivity index (χ0v) is 12.1. The minimum absolute atomic E-state index is 0.265. The molecule has 4 heteroatoms. The van der Waals surface area contributed by atoms with E-state index in [9.17, 15) is 4.79 Å². The first-order valence-corrected chi connectivity index (χ1v) is 7.01. The maximum Gasteiger partial charge on any atom is 0.346 e. The van der Waals surface area contributed by atoms with E-state index in [0.29, 0.717) is 5.56 Å². The number of fused-ring (bicyclic) bond motifs is 3. The van der Waals surface area contributed by atoms with Crippen LogP contribution in [0.5, 0.6) is 0 Å². The minimum Gasteiger partial charge on any atom is -0.477 e. The Morgan fingerprint density at radius 1 is 1.23 bits per heavy atom. The van der Waals surface area contributed by atoms with Crippen molar-refractivity contribution in [2.45, 2.75) is 13.5 Å². The zero-order valence-electron chi connectivity index (χ0n) is 12.1. The fourth-order valence-electron chi connectivity index (χ4n) is 2.81. The summed E-state index contributed by atoms with van der Waals surface area (Å²) in [5, 5.41) is 20.0. The Balaban J connectivity index is 2.29. The molecule has 3 aromatic rings. The van der Waals surface area contributed by atoms with E-state index in [-0.39, 0.29) is 5.57 Å². The number of hydrogen-bond acceptors (Lipinski definition) is 2. The normalized spacial score (nSPS) is 11.7. The van der Waals surface area contributed by atoms with E-state index in [1.807, 2.05) is 30.3 Å². The van der Waals surface area contributed by atoms with Crippen LogP contribution in [0.3, 0.4) is 0 Å². The number of nitrogens with zero attached hydrogens (tertiary/aromatic N) is 2. The summed E-state index contributed by atoms with van der Waals surface area (Å²) in [4.78, 5) is 11.0. The molecule has 0 bridgehead atoms. The highest BCUT2D eigenvalue weighted by atomic mass is 16.4. The second-order valence-corrected chi connectivity index (χ2v) is 5.01. The number of para-hydroxylation sites is 1. The predicted molar refractivity (Wildman–Crippen MR) is 86.3 cm³/mol. The summed E-state index contributed by atoms with van der Waals surface area (Å²) in [6.07, 6.45) is 1.40. The first-order valence-electron chi connectivity index (χ1n) is 7.01. The Bertz CT molecular complexity index is 958. The highest BCUT2D eigenvalue weighted by Crippen LogP contribution is 2.30. The number of carboxylic acid groups (broad SMARTS) is 1. The molecule has 0 amide bonds. The standard InChI is InChI=1S/C18H14N2O2/c1-2-20-16-6-4-3-5-14(16)15-10-12(7-8-17(15)20)9-13(11-19)18(21)22/h3-10H,2H2,1H3,(H,21,22). The summed E-state index contributed by atoms with van der Waals surface area (Å²) in [5.41, 5.74) is 2.71. The van der Waals surface area contributed by atoms with Crippen molar-refractivity contribution in [3.8, 4) is 6.07 Å². The van der Waals surface area contributed by atoms with Crippen LogP contribution in [0.25, 0.3) is 27.9 Å². The van der Waals surface area contributed by atoms with Gasteiger partial charge in [0, 0.05) is 28.4 Å². The fraction of sp³-hybridized carbons (Fsp3) is 0.111. The zero-order chi connectivity index (χ0) is 15.7.